The third kappa shape index (κ3) is 3.09. The van der Waals surface area contributed by atoms with Crippen LogP contribution < -0.4 is 11.3 Å². The molecule has 1 aromatic heterocycles. The number of benzene rings is 1. The second kappa shape index (κ2) is 5.87. The molecule has 4 heteroatoms. The molecule has 1 unspecified atom stereocenters. The third-order valence-corrected chi connectivity index (χ3v) is 3.09. The Balaban J connectivity index is 2.04. The van der Waals surface area contributed by atoms with Gasteiger partial charge in [0.25, 0.3) is 0 Å². The fourth-order valence-electron chi connectivity index (χ4n) is 1.83. The number of furan rings is 1. The molecule has 0 saturated carbocycles. The number of hydrogen-bond donors (Lipinski definition) is 2. The first-order valence-corrected chi connectivity index (χ1v) is 5.92. The number of halogens is 1. The van der Waals surface area contributed by atoms with Gasteiger partial charge in [0.1, 0.15) is 5.76 Å². The summed E-state index contributed by atoms with van der Waals surface area (Å²) in [7, 11) is 0. The lowest BCUT2D eigenvalue weighted by Gasteiger charge is -2.16. The quantitative estimate of drug-likeness (QED) is 0.633. The fourth-order valence-corrected chi connectivity index (χ4v) is 2.10. The van der Waals surface area contributed by atoms with Gasteiger partial charge in [-0.25, -0.2) is 0 Å². The Labute approximate surface area is 106 Å². The summed E-state index contributed by atoms with van der Waals surface area (Å²) >= 11 is 6.14. The van der Waals surface area contributed by atoms with E-state index in [-0.39, 0.29) is 6.04 Å². The highest BCUT2D eigenvalue weighted by atomic mass is 35.5. The Bertz CT molecular complexity index is 456. The lowest BCUT2D eigenvalue weighted by Crippen LogP contribution is -2.28. The molecule has 3 nitrogen and oxygen atoms in total. The van der Waals surface area contributed by atoms with Crippen molar-refractivity contribution in [2.45, 2.75) is 18.9 Å². The summed E-state index contributed by atoms with van der Waals surface area (Å²) in [4.78, 5) is 0. The molecule has 0 amide bonds. The van der Waals surface area contributed by atoms with Crippen molar-refractivity contribution in [3.8, 4) is 0 Å². The van der Waals surface area contributed by atoms with Gasteiger partial charge in [0.2, 0.25) is 0 Å². The molecular formula is C13H15ClN2O. The van der Waals surface area contributed by atoms with Crippen LogP contribution in [0.4, 0.5) is 0 Å². The molecule has 3 N–H and O–H groups in total. The Morgan fingerprint density at radius 1 is 1.24 bits per heavy atom. The molecule has 1 atom stereocenters. The minimum Gasteiger partial charge on any atom is -0.469 e. The molecule has 2 aromatic rings. The maximum Gasteiger partial charge on any atom is 0.103 e. The molecule has 2 rings (SSSR count). The van der Waals surface area contributed by atoms with Crippen molar-refractivity contribution in [2.75, 3.05) is 0 Å². The predicted molar refractivity (Wildman–Crippen MR) is 68.5 cm³/mol. The van der Waals surface area contributed by atoms with E-state index in [4.69, 9.17) is 21.9 Å². The monoisotopic (exact) mass is 250 g/mol. The van der Waals surface area contributed by atoms with Crippen LogP contribution >= 0.6 is 11.6 Å². The van der Waals surface area contributed by atoms with E-state index in [9.17, 15) is 0 Å². The van der Waals surface area contributed by atoms with Gasteiger partial charge in [-0.15, -0.1) is 0 Å². The second-order valence-corrected chi connectivity index (χ2v) is 4.27. The number of hydrogen-bond acceptors (Lipinski definition) is 3. The van der Waals surface area contributed by atoms with Gasteiger partial charge in [-0.1, -0.05) is 29.8 Å². The number of aryl methyl sites for hydroxylation is 1. The average molecular weight is 251 g/mol. The summed E-state index contributed by atoms with van der Waals surface area (Å²) in [5, 5.41) is 0.731. The number of hydrazine groups is 1. The lowest BCUT2D eigenvalue weighted by molar-refractivity contribution is 0.458. The molecule has 0 aliphatic carbocycles. The number of rotatable bonds is 5. The van der Waals surface area contributed by atoms with Gasteiger partial charge < -0.3 is 4.42 Å². The van der Waals surface area contributed by atoms with Crippen molar-refractivity contribution < 1.29 is 4.42 Å². The van der Waals surface area contributed by atoms with E-state index in [1.54, 1.807) is 6.26 Å². The molecule has 90 valence electrons. The van der Waals surface area contributed by atoms with Gasteiger partial charge in [0.15, 0.2) is 0 Å². The van der Waals surface area contributed by atoms with Crippen LogP contribution in [0.5, 0.6) is 0 Å². The Morgan fingerprint density at radius 3 is 2.71 bits per heavy atom. The molecule has 0 saturated heterocycles. The lowest BCUT2D eigenvalue weighted by atomic mass is 10.0. The first-order valence-electron chi connectivity index (χ1n) is 5.54. The molecule has 1 heterocycles. The normalized spacial score (nSPS) is 12.6. The van der Waals surface area contributed by atoms with Crippen LogP contribution in [0.15, 0.2) is 47.1 Å². The SMILES string of the molecule is NNC(CCc1ccco1)c1ccccc1Cl. The van der Waals surface area contributed by atoms with E-state index in [1.807, 2.05) is 36.4 Å². The van der Waals surface area contributed by atoms with Crippen molar-refractivity contribution in [1.82, 2.24) is 5.43 Å². The van der Waals surface area contributed by atoms with Gasteiger partial charge in [-0.3, -0.25) is 11.3 Å². The number of nitrogens with two attached hydrogens (primary N) is 1. The maximum absolute atomic E-state index is 6.14. The van der Waals surface area contributed by atoms with E-state index in [0.717, 1.165) is 29.2 Å². The minimum absolute atomic E-state index is 0.0359. The molecule has 0 aliphatic heterocycles. The summed E-state index contributed by atoms with van der Waals surface area (Å²) in [5.41, 5.74) is 3.81. The van der Waals surface area contributed by atoms with E-state index in [2.05, 4.69) is 5.43 Å². The van der Waals surface area contributed by atoms with Crippen molar-refractivity contribution in [2.24, 2.45) is 5.84 Å². The van der Waals surface area contributed by atoms with Crippen LogP contribution in [-0.4, -0.2) is 0 Å². The summed E-state index contributed by atoms with van der Waals surface area (Å²) in [6.45, 7) is 0. The average Bonchev–Trinajstić information content (AvgIpc) is 2.85. The van der Waals surface area contributed by atoms with Gasteiger partial charge in [0, 0.05) is 17.5 Å². The second-order valence-electron chi connectivity index (χ2n) is 3.86. The fraction of sp³-hybridized carbons (Fsp3) is 0.231. The van der Waals surface area contributed by atoms with Gasteiger partial charge >= 0.3 is 0 Å². The standard InChI is InChI=1S/C13H15ClN2O/c14-12-6-2-1-5-11(12)13(16-15)8-7-10-4-3-9-17-10/h1-6,9,13,16H,7-8,15H2. The molecule has 17 heavy (non-hydrogen) atoms. The van der Waals surface area contributed by atoms with Crippen LogP contribution in [0.2, 0.25) is 5.02 Å². The zero-order chi connectivity index (χ0) is 12.1. The van der Waals surface area contributed by atoms with Crippen molar-refractivity contribution in [3.05, 3.63) is 59.0 Å². The van der Waals surface area contributed by atoms with E-state index in [0.29, 0.717) is 0 Å². The first kappa shape index (κ1) is 12.2. The highest BCUT2D eigenvalue weighted by Crippen LogP contribution is 2.25. The maximum atomic E-state index is 6.14. The number of nitrogens with one attached hydrogen (secondary N) is 1. The molecule has 1 aromatic carbocycles. The largest absolute Gasteiger partial charge is 0.469 e. The minimum atomic E-state index is 0.0359. The highest BCUT2D eigenvalue weighted by molar-refractivity contribution is 6.31. The van der Waals surface area contributed by atoms with Crippen molar-refractivity contribution >= 4 is 11.6 Å². The zero-order valence-corrected chi connectivity index (χ0v) is 10.2. The molecule has 0 radical (unpaired) electrons. The molecule has 0 aliphatic rings. The van der Waals surface area contributed by atoms with Gasteiger partial charge in [0.05, 0.1) is 6.26 Å². The van der Waals surface area contributed by atoms with E-state index in [1.165, 1.54) is 0 Å². The van der Waals surface area contributed by atoms with Crippen LogP contribution in [0.1, 0.15) is 23.8 Å². The third-order valence-electron chi connectivity index (χ3n) is 2.74. The summed E-state index contributed by atoms with van der Waals surface area (Å²) in [6.07, 6.45) is 3.34. The smallest absolute Gasteiger partial charge is 0.103 e. The highest BCUT2D eigenvalue weighted by Gasteiger charge is 2.13. The van der Waals surface area contributed by atoms with E-state index >= 15 is 0 Å². The molecule has 0 fully saturated rings. The molecule has 0 spiro atoms. The molecular weight excluding hydrogens is 236 g/mol. The Kier molecular flexibility index (Phi) is 4.20. The topological polar surface area (TPSA) is 51.2 Å². The van der Waals surface area contributed by atoms with Crippen LogP contribution in [0.3, 0.4) is 0 Å². The molecule has 0 bridgehead atoms. The Morgan fingerprint density at radius 2 is 2.06 bits per heavy atom. The van der Waals surface area contributed by atoms with E-state index < -0.39 is 0 Å². The summed E-state index contributed by atoms with van der Waals surface area (Å²) < 4.78 is 5.29. The van der Waals surface area contributed by atoms with Crippen LogP contribution in [0, 0.1) is 0 Å². The van der Waals surface area contributed by atoms with Crippen LogP contribution in [-0.2, 0) is 6.42 Å². The summed E-state index contributed by atoms with van der Waals surface area (Å²) in [5.74, 6) is 6.53. The Hall–Kier alpha value is -1.29. The van der Waals surface area contributed by atoms with Crippen molar-refractivity contribution in [3.63, 3.8) is 0 Å². The predicted octanol–water partition coefficient (Wildman–Crippen LogP) is 3.07. The zero-order valence-electron chi connectivity index (χ0n) is 9.40. The van der Waals surface area contributed by atoms with Crippen LogP contribution in [0.25, 0.3) is 0 Å². The van der Waals surface area contributed by atoms with Gasteiger partial charge in [-0.2, -0.15) is 0 Å². The van der Waals surface area contributed by atoms with Crippen molar-refractivity contribution in [1.29, 1.82) is 0 Å². The summed E-state index contributed by atoms with van der Waals surface area (Å²) in [6, 6.07) is 11.6. The first-order chi connectivity index (χ1) is 8.31. The van der Waals surface area contributed by atoms with Gasteiger partial charge in [-0.05, 0) is 30.2 Å².